The third kappa shape index (κ3) is 4.72. The molecule has 1 aromatic carbocycles. The lowest BCUT2D eigenvalue weighted by Gasteiger charge is -2.35. The van der Waals surface area contributed by atoms with Crippen LogP contribution in [0.5, 0.6) is 0 Å². The number of amidine groups is 1. The minimum atomic E-state index is -0.675. The van der Waals surface area contributed by atoms with Gasteiger partial charge in [-0.1, -0.05) is 29.8 Å². The van der Waals surface area contributed by atoms with Gasteiger partial charge in [-0.25, -0.2) is 15.0 Å². The highest BCUT2D eigenvalue weighted by atomic mass is 35.5. The lowest BCUT2D eigenvalue weighted by Crippen LogP contribution is -2.59. The Balaban J connectivity index is 1.36. The fourth-order valence-corrected chi connectivity index (χ4v) is 3.78. The van der Waals surface area contributed by atoms with Crippen LogP contribution in [0.2, 0.25) is 5.02 Å². The maximum Gasteiger partial charge on any atom is 0.290 e. The van der Waals surface area contributed by atoms with Gasteiger partial charge in [0.1, 0.15) is 11.9 Å². The molecule has 1 aromatic heterocycles. The van der Waals surface area contributed by atoms with Crippen molar-refractivity contribution in [3.05, 3.63) is 53.7 Å². The van der Waals surface area contributed by atoms with Gasteiger partial charge in [0.25, 0.3) is 11.8 Å². The fourth-order valence-electron chi connectivity index (χ4n) is 3.67. The van der Waals surface area contributed by atoms with Gasteiger partial charge in [0.2, 0.25) is 11.7 Å². The molecule has 1 unspecified atom stereocenters. The lowest BCUT2D eigenvalue weighted by atomic mass is 9.95. The quantitative estimate of drug-likeness (QED) is 0.736. The van der Waals surface area contributed by atoms with Crippen LogP contribution in [0, 0.1) is 5.92 Å². The van der Waals surface area contributed by atoms with Crippen LogP contribution >= 0.6 is 11.6 Å². The summed E-state index contributed by atoms with van der Waals surface area (Å²) in [6.45, 7) is 2.49. The molecule has 0 saturated carbocycles. The standard InChI is InChI=1S/C22H23ClN6O3/c1-14-21(31)29(17-5-3-2-4-6-17)27-19(25-14)22(32)28-11-9-15(10-12-28)20(30)26-18-8-7-16(23)13-24-18/h2-8,13-15H,9-12H2,1H3,(H,25,27)(H,24,26,30). The van der Waals surface area contributed by atoms with Crippen LogP contribution in [0.3, 0.4) is 0 Å². The Labute approximate surface area is 190 Å². The average molecular weight is 455 g/mol. The van der Waals surface area contributed by atoms with Crippen molar-refractivity contribution in [3.63, 3.8) is 0 Å². The minimum Gasteiger partial charge on any atom is -0.336 e. The minimum absolute atomic E-state index is 0.120. The van der Waals surface area contributed by atoms with Crippen LogP contribution in [0.1, 0.15) is 19.8 Å². The first-order chi connectivity index (χ1) is 15.4. The smallest absolute Gasteiger partial charge is 0.290 e. The van der Waals surface area contributed by atoms with Gasteiger partial charge in [-0.05, 0) is 44.0 Å². The summed E-state index contributed by atoms with van der Waals surface area (Å²) in [5.41, 5.74) is 3.50. The Morgan fingerprint density at radius 3 is 2.50 bits per heavy atom. The predicted molar refractivity (Wildman–Crippen MR) is 121 cm³/mol. The van der Waals surface area contributed by atoms with Gasteiger partial charge >= 0.3 is 0 Å². The second kappa shape index (κ2) is 9.35. The predicted octanol–water partition coefficient (Wildman–Crippen LogP) is 2.25. The summed E-state index contributed by atoms with van der Waals surface area (Å²) in [5.74, 6) is -0.316. The number of rotatable bonds is 4. The number of amides is 3. The van der Waals surface area contributed by atoms with Crippen molar-refractivity contribution in [1.82, 2.24) is 15.3 Å². The number of anilines is 2. The van der Waals surface area contributed by atoms with E-state index >= 15 is 0 Å². The maximum atomic E-state index is 13.1. The Bertz CT molecular complexity index is 1040. The summed E-state index contributed by atoms with van der Waals surface area (Å²) in [5, 5.41) is 4.64. The summed E-state index contributed by atoms with van der Waals surface area (Å²) < 4.78 is 0. The number of hydrazine groups is 1. The number of carbonyl (C=O) groups is 3. The van der Waals surface area contributed by atoms with Gasteiger partial charge in [-0.3, -0.25) is 19.8 Å². The molecule has 2 aliphatic rings. The van der Waals surface area contributed by atoms with E-state index in [0.29, 0.717) is 42.5 Å². The zero-order valence-electron chi connectivity index (χ0n) is 17.5. The summed E-state index contributed by atoms with van der Waals surface area (Å²) in [7, 11) is 0. The number of pyridine rings is 1. The van der Waals surface area contributed by atoms with E-state index in [2.05, 4.69) is 20.7 Å². The number of hydrogen-bond donors (Lipinski definition) is 2. The zero-order chi connectivity index (χ0) is 22.7. The monoisotopic (exact) mass is 454 g/mol. The van der Waals surface area contributed by atoms with E-state index in [9.17, 15) is 14.4 Å². The zero-order valence-corrected chi connectivity index (χ0v) is 18.2. The van der Waals surface area contributed by atoms with E-state index in [-0.39, 0.29) is 29.5 Å². The van der Waals surface area contributed by atoms with Gasteiger partial charge in [0, 0.05) is 25.2 Å². The van der Waals surface area contributed by atoms with E-state index in [1.807, 2.05) is 18.2 Å². The van der Waals surface area contributed by atoms with Crippen LogP contribution in [-0.2, 0) is 14.4 Å². The third-order valence-electron chi connectivity index (χ3n) is 5.47. The lowest BCUT2D eigenvalue weighted by molar-refractivity contribution is -0.129. The highest BCUT2D eigenvalue weighted by Gasteiger charge is 2.34. The van der Waals surface area contributed by atoms with Crippen molar-refractivity contribution >= 4 is 46.7 Å². The summed E-state index contributed by atoms with van der Waals surface area (Å²) >= 11 is 5.82. The van der Waals surface area contributed by atoms with Crippen molar-refractivity contribution in [3.8, 4) is 0 Å². The van der Waals surface area contributed by atoms with Crippen molar-refractivity contribution in [2.24, 2.45) is 10.9 Å². The number of nitrogens with zero attached hydrogens (tertiary/aromatic N) is 4. The first-order valence-electron chi connectivity index (χ1n) is 10.4. The molecule has 2 N–H and O–H groups in total. The number of nitrogens with one attached hydrogen (secondary N) is 2. The summed E-state index contributed by atoms with van der Waals surface area (Å²) in [6.07, 6.45) is 2.52. The Morgan fingerprint density at radius 2 is 1.84 bits per heavy atom. The number of halogens is 1. The van der Waals surface area contributed by atoms with E-state index in [1.165, 1.54) is 11.2 Å². The van der Waals surface area contributed by atoms with Crippen molar-refractivity contribution in [2.75, 3.05) is 23.4 Å². The number of aliphatic imine (C=N–C) groups is 1. The number of aromatic nitrogens is 1. The molecule has 0 bridgehead atoms. The molecule has 0 spiro atoms. The molecule has 10 heteroatoms. The van der Waals surface area contributed by atoms with Crippen LogP contribution in [0.25, 0.3) is 0 Å². The first-order valence-corrected chi connectivity index (χ1v) is 10.8. The topological polar surface area (TPSA) is 107 Å². The van der Waals surface area contributed by atoms with Crippen molar-refractivity contribution < 1.29 is 14.4 Å². The van der Waals surface area contributed by atoms with Gasteiger partial charge < -0.3 is 10.2 Å². The second-order valence-corrected chi connectivity index (χ2v) is 8.13. The maximum absolute atomic E-state index is 13.1. The van der Waals surface area contributed by atoms with Crippen LogP contribution in [-0.4, -0.2) is 52.6 Å². The van der Waals surface area contributed by atoms with E-state index in [4.69, 9.17) is 11.6 Å². The van der Waals surface area contributed by atoms with Gasteiger partial charge in [-0.2, -0.15) is 0 Å². The Hall–Kier alpha value is -3.46. The van der Waals surface area contributed by atoms with Crippen LogP contribution in [0.15, 0.2) is 53.7 Å². The summed E-state index contributed by atoms with van der Waals surface area (Å²) in [6, 6.07) is 11.7. The molecule has 1 fully saturated rings. The van der Waals surface area contributed by atoms with Gasteiger partial charge in [0.05, 0.1) is 10.7 Å². The van der Waals surface area contributed by atoms with E-state index < -0.39 is 6.04 Å². The van der Waals surface area contributed by atoms with Gasteiger partial charge in [0.15, 0.2) is 0 Å². The number of benzene rings is 1. The van der Waals surface area contributed by atoms with E-state index in [1.54, 1.807) is 36.1 Å². The highest BCUT2D eigenvalue weighted by Crippen LogP contribution is 2.21. The van der Waals surface area contributed by atoms with Gasteiger partial charge in [-0.15, -0.1) is 0 Å². The Morgan fingerprint density at radius 1 is 1.12 bits per heavy atom. The highest BCUT2D eigenvalue weighted by molar-refractivity contribution is 6.39. The number of carbonyl (C=O) groups excluding carboxylic acids is 3. The number of piperidine rings is 1. The number of hydrogen-bond acceptors (Lipinski definition) is 6. The third-order valence-corrected chi connectivity index (χ3v) is 5.69. The molecule has 4 rings (SSSR count). The number of para-hydroxylation sites is 1. The molecular weight excluding hydrogens is 432 g/mol. The first kappa shape index (κ1) is 21.8. The summed E-state index contributed by atoms with van der Waals surface area (Å²) in [4.78, 5) is 48.1. The average Bonchev–Trinajstić information content (AvgIpc) is 2.82. The molecular formula is C22H23ClN6O3. The molecule has 2 aromatic rings. The number of likely N-dealkylation sites (tertiary alicyclic amines) is 1. The Kier molecular flexibility index (Phi) is 6.36. The van der Waals surface area contributed by atoms with Crippen LogP contribution in [0.4, 0.5) is 11.5 Å². The molecule has 3 heterocycles. The molecule has 166 valence electrons. The molecule has 0 radical (unpaired) electrons. The SMILES string of the molecule is CC1N=C(C(=O)N2CCC(C(=O)Nc3ccc(Cl)cn3)CC2)NN(c2ccccc2)C1=O. The fraction of sp³-hybridized carbons (Fsp3) is 0.318. The molecule has 0 aliphatic carbocycles. The van der Waals surface area contributed by atoms with Crippen molar-refractivity contribution in [2.45, 2.75) is 25.8 Å². The molecule has 1 saturated heterocycles. The normalized spacial score (nSPS) is 19.2. The van der Waals surface area contributed by atoms with Crippen LogP contribution < -0.4 is 15.8 Å². The largest absolute Gasteiger partial charge is 0.336 e. The molecule has 3 amide bonds. The van der Waals surface area contributed by atoms with E-state index in [0.717, 1.165) is 0 Å². The van der Waals surface area contributed by atoms with Crippen molar-refractivity contribution in [1.29, 1.82) is 0 Å². The molecule has 32 heavy (non-hydrogen) atoms. The molecule has 1 atom stereocenters. The molecule has 9 nitrogen and oxygen atoms in total. The molecule has 2 aliphatic heterocycles. The second-order valence-electron chi connectivity index (χ2n) is 7.69.